The molecule has 0 aromatic heterocycles. The third-order valence-corrected chi connectivity index (χ3v) is 3.21. The normalized spacial score (nSPS) is 44.7. The third-order valence-electron chi connectivity index (χ3n) is 3.21. The highest BCUT2D eigenvalue weighted by molar-refractivity contribution is 5.96. The Hall–Kier alpha value is -1.06. The molecule has 6 atom stereocenters. The summed E-state index contributed by atoms with van der Waals surface area (Å²) >= 11 is 0. The molecule has 102 valence electrons. The molecule has 0 spiro atoms. The van der Waals surface area contributed by atoms with Crippen molar-refractivity contribution in [3.8, 4) is 0 Å². The number of hydrogen-bond donors (Lipinski definition) is 6. The molecule has 0 bridgehead atoms. The quantitative estimate of drug-likeness (QED) is 0.311. The van der Waals surface area contributed by atoms with E-state index in [0.717, 1.165) is 6.08 Å². The molecule has 0 saturated carbocycles. The Morgan fingerprint density at radius 3 is 2.50 bits per heavy atom. The van der Waals surface area contributed by atoms with Crippen LogP contribution in [0.4, 0.5) is 4.39 Å². The van der Waals surface area contributed by atoms with Gasteiger partial charge in [0.2, 0.25) is 0 Å². The lowest BCUT2D eigenvalue weighted by Crippen LogP contribution is -2.50. The van der Waals surface area contributed by atoms with Gasteiger partial charge in [-0.15, -0.1) is 0 Å². The van der Waals surface area contributed by atoms with Crippen molar-refractivity contribution in [1.29, 1.82) is 0 Å². The van der Waals surface area contributed by atoms with Crippen LogP contribution < -0.4 is 10.6 Å². The van der Waals surface area contributed by atoms with Gasteiger partial charge in [0.05, 0.1) is 24.8 Å². The Bertz CT molecular complexity index is 377. The summed E-state index contributed by atoms with van der Waals surface area (Å²) in [4.78, 5) is 11.6. The van der Waals surface area contributed by atoms with E-state index < -0.39 is 49.2 Å². The molecule has 6 unspecified atom stereocenters. The van der Waals surface area contributed by atoms with Gasteiger partial charge in [0.25, 0.3) is 5.91 Å². The first kappa shape index (κ1) is 13.4. The first-order valence-corrected chi connectivity index (χ1v) is 5.53. The summed E-state index contributed by atoms with van der Waals surface area (Å²) in [6, 6.07) is -1.77. The Morgan fingerprint density at radius 1 is 1.28 bits per heavy atom. The van der Waals surface area contributed by atoms with Crippen LogP contribution in [0, 0.1) is 0 Å². The molecular formula is C10H15FN2O5. The van der Waals surface area contributed by atoms with Crippen LogP contribution in [0.25, 0.3) is 0 Å². The van der Waals surface area contributed by atoms with E-state index in [1.165, 1.54) is 0 Å². The molecule has 0 radical (unpaired) electrons. The van der Waals surface area contributed by atoms with Crippen molar-refractivity contribution in [2.24, 2.45) is 0 Å². The summed E-state index contributed by atoms with van der Waals surface area (Å²) in [6.07, 6.45) is -5.08. The average Bonchev–Trinajstić information content (AvgIpc) is 2.61. The minimum atomic E-state index is -1.78. The van der Waals surface area contributed by atoms with E-state index in [9.17, 15) is 19.4 Å². The molecular weight excluding hydrogens is 247 g/mol. The molecule has 0 aliphatic carbocycles. The van der Waals surface area contributed by atoms with Gasteiger partial charge in [-0.05, 0) is 6.08 Å². The van der Waals surface area contributed by atoms with Crippen LogP contribution in [0.5, 0.6) is 0 Å². The fraction of sp³-hybridized carbons (Fsp3) is 0.700. The molecule has 2 heterocycles. The standard InChI is InChI=1S/C10H15FN2O5/c11-4-1-3(9(17)13-10(4)18)6-8(16)7(15)5(2-14)12-6/h1,4-8,10,12,14-16,18H,2H2,(H,13,17). The molecule has 1 fully saturated rings. The minimum absolute atomic E-state index is 0.102. The second-order valence-electron chi connectivity index (χ2n) is 4.40. The highest BCUT2D eigenvalue weighted by Gasteiger charge is 2.45. The number of hydrogen-bond acceptors (Lipinski definition) is 6. The second-order valence-corrected chi connectivity index (χ2v) is 4.40. The number of nitrogens with one attached hydrogen (secondary N) is 2. The number of rotatable bonds is 2. The maximum atomic E-state index is 13.3. The van der Waals surface area contributed by atoms with Crippen LogP contribution in [0.3, 0.4) is 0 Å². The van der Waals surface area contributed by atoms with E-state index in [1.54, 1.807) is 0 Å². The van der Waals surface area contributed by atoms with E-state index in [4.69, 9.17) is 10.2 Å². The lowest BCUT2D eigenvalue weighted by Gasteiger charge is -2.26. The smallest absolute Gasteiger partial charge is 0.250 e. The first-order chi connectivity index (χ1) is 8.45. The number of aliphatic hydroxyl groups excluding tert-OH is 4. The maximum Gasteiger partial charge on any atom is 0.250 e. The van der Waals surface area contributed by atoms with Crippen LogP contribution in [0.2, 0.25) is 0 Å². The summed E-state index contributed by atoms with van der Waals surface area (Å²) < 4.78 is 13.3. The Balaban J connectivity index is 2.22. The highest BCUT2D eigenvalue weighted by Crippen LogP contribution is 2.23. The SMILES string of the molecule is O=C1NC(O)C(F)C=C1C1NC(CO)C(O)C1O. The highest BCUT2D eigenvalue weighted by atomic mass is 19.1. The van der Waals surface area contributed by atoms with Crippen LogP contribution in [-0.2, 0) is 4.79 Å². The van der Waals surface area contributed by atoms with Crippen molar-refractivity contribution in [2.45, 2.75) is 36.7 Å². The van der Waals surface area contributed by atoms with Crippen molar-refractivity contribution in [1.82, 2.24) is 10.6 Å². The first-order valence-electron chi connectivity index (χ1n) is 5.53. The largest absolute Gasteiger partial charge is 0.395 e. The van der Waals surface area contributed by atoms with Crippen LogP contribution in [-0.4, -0.2) is 69.6 Å². The zero-order chi connectivity index (χ0) is 13.4. The number of carbonyl (C=O) groups is 1. The van der Waals surface area contributed by atoms with Gasteiger partial charge in [0, 0.05) is 5.57 Å². The summed E-state index contributed by atoms with van der Waals surface area (Å²) in [5, 5.41) is 42.1. The van der Waals surface area contributed by atoms with E-state index in [2.05, 4.69) is 5.32 Å². The predicted octanol–water partition coefficient (Wildman–Crippen LogP) is -3.25. The third kappa shape index (κ3) is 2.13. The lowest BCUT2D eigenvalue weighted by molar-refractivity contribution is -0.123. The zero-order valence-electron chi connectivity index (χ0n) is 9.32. The predicted molar refractivity (Wildman–Crippen MR) is 56.9 cm³/mol. The van der Waals surface area contributed by atoms with Crippen molar-refractivity contribution < 1.29 is 29.6 Å². The van der Waals surface area contributed by atoms with Crippen molar-refractivity contribution in [2.75, 3.05) is 6.61 Å². The molecule has 0 aromatic rings. The molecule has 2 aliphatic rings. The minimum Gasteiger partial charge on any atom is -0.395 e. The topological polar surface area (TPSA) is 122 Å². The molecule has 1 saturated heterocycles. The summed E-state index contributed by atoms with van der Waals surface area (Å²) in [5.41, 5.74) is -0.102. The van der Waals surface area contributed by atoms with Gasteiger partial charge in [0.15, 0.2) is 12.4 Å². The lowest BCUT2D eigenvalue weighted by atomic mass is 9.96. The number of amides is 1. The van der Waals surface area contributed by atoms with Crippen LogP contribution >= 0.6 is 0 Å². The van der Waals surface area contributed by atoms with E-state index in [1.807, 2.05) is 5.32 Å². The number of carbonyl (C=O) groups excluding carboxylic acids is 1. The fourth-order valence-electron chi connectivity index (χ4n) is 2.18. The average molecular weight is 262 g/mol. The fourth-order valence-corrected chi connectivity index (χ4v) is 2.18. The van der Waals surface area contributed by atoms with Gasteiger partial charge in [-0.1, -0.05) is 0 Å². The van der Waals surface area contributed by atoms with Gasteiger partial charge in [-0.2, -0.15) is 0 Å². The Kier molecular flexibility index (Phi) is 3.64. The van der Waals surface area contributed by atoms with Crippen molar-refractivity contribution in [3.05, 3.63) is 11.6 Å². The van der Waals surface area contributed by atoms with E-state index in [0.29, 0.717) is 0 Å². The zero-order valence-corrected chi connectivity index (χ0v) is 9.32. The maximum absolute atomic E-state index is 13.3. The van der Waals surface area contributed by atoms with Gasteiger partial charge in [0.1, 0.15) is 6.10 Å². The Labute approximate surface area is 102 Å². The molecule has 2 rings (SSSR count). The number of aliphatic hydroxyl groups is 4. The summed E-state index contributed by atoms with van der Waals surface area (Å²) in [6.45, 7) is -0.425. The molecule has 18 heavy (non-hydrogen) atoms. The van der Waals surface area contributed by atoms with Gasteiger partial charge < -0.3 is 31.1 Å². The molecule has 6 N–H and O–H groups in total. The van der Waals surface area contributed by atoms with Crippen molar-refractivity contribution in [3.63, 3.8) is 0 Å². The summed E-state index contributed by atoms with van der Waals surface area (Å²) in [5.74, 6) is -0.723. The summed E-state index contributed by atoms with van der Waals surface area (Å²) in [7, 11) is 0. The van der Waals surface area contributed by atoms with E-state index >= 15 is 0 Å². The van der Waals surface area contributed by atoms with Crippen LogP contribution in [0.15, 0.2) is 11.6 Å². The van der Waals surface area contributed by atoms with Gasteiger partial charge in [-0.25, -0.2) is 4.39 Å². The molecule has 1 amide bonds. The second kappa shape index (κ2) is 4.90. The van der Waals surface area contributed by atoms with E-state index in [-0.39, 0.29) is 5.57 Å². The van der Waals surface area contributed by atoms with Gasteiger partial charge >= 0.3 is 0 Å². The van der Waals surface area contributed by atoms with Gasteiger partial charge in [-0.3, -0.25) is 4.79 Å². The molecule has 8 heteroatoms. The van der Waals surface area contributed by atoms with Crippen LogP contribution in [0.1, 0.15) is 0 Å². The monoisotopic (exact) mass is 262 g/mol. The Morgan fingerprint density at radius 2 is 1.94 bits per heavy atom. The molecule has 7 nitrogen and oxygen atoms in total. The number of alkyl halides is 1. The molecule has 0 aromatic carbocycles. The molecule has 2 aliphatic heterocycles. The van der Waals surface area contributed by atoms with Crippen molar-refractivity contribution >= 4 is 5.91 Å². The number of halogens is 1.